The van der Waals surface area contributed by atoms with Crippen molar-refractivity contribution in [3.8, 4) is 0 Å². The smallest absolute Gasteiger partial charge is 0.304 e. The Morgan fingerprint density at radius 1 is 1.19 bits per heavy atom. The number of aliphatic carboxylic acids is 1. The van der Waals surface area contributed by atoms with Gasteiger partial charge in [-0.25, -0.2) is 18.5 Å². The first-order valence-corrected chi connectivity index (χ1v) is 10.4. The van der Waals surface area contributed by atoms with E-state index in [1.54, 1.807) is 18.2 Å². The lowest BCUT2D eigenvalue weighted by atomic mass is 9.88. The lowest BCUT2D eigenvalue weighted by Crippen LogP contribution is -2.11. The highest BCUT2D eigenvalue weighted by atomic mass is 32.2. The zero-order valence-corrected chi connectivity index (χ0v) is 15.7. The first-order valence-electron chi connectivity index (χ1n) is 8.02. The molecule has 3 aromatic rings. The molecule has 1 atom stereocenters. The molecule has 6 nitrogen and oxygen atoms in total. The van der Waals surface area contributed by atoms with Crippen molar-refractivity contribution in [1.82, 2.24) is 4.98 Å². The zero-order chi connectivity index (χ0) is 18.9. The second-order valence-electron chi connectivity index (χ2n) is 6.00. The van der Waals surface area contributed by atoms with Crippen molar-refractivity contribution in [1.29, 1.82) is 0 Å². The van der Waals surface area contributed by atoms with Crippen molar-refractivity contribution in [2.45, 2.75) is 30.0 Å². The molecule has 136 valence electrons. The number of nitrogens with two attached hydrogens (primary N) is 1. The van der Waals surface area contributed by atoms with E-state index in [1.807, 2.05) is 24.3 Å². The molecular weight excluding hydrogens is 372 g/mol. The molecule has 0 saturated heterocycles. The Bertz CT molecular complexity index is 1060. The molecule has 0 aliphatic heterocycles. The van der Waals surface area contributed by atoms with Crippen LogP contribution in [0.1, 0.15) is 36.0 Å². The average molecular weight is 390 g/mol. The van der Waals surface area contributed by atoms with Crippen LogP contribution < -0.4 is 5.14 Å². The van der Waals surface area contributed by atoms with Gasteiger partial charge in [-0.05, 0) is 35.2 Å². The highest BCUT2D eigenvalue weighted by Gasteiger charge is 2.20. The summed E-state index contributed by atoms with van der Waals surface area (Å²) < 4.78 is 23.5. The van der Waals surface area contributed by atoms with Gasteiger partial charge in [-0.2, -0.15) is 0 Å². The fraction of sp³-hybridized carbons (Fsp3) is 0.222. The number of aryl methyl sites for hydroxylation is 1. The predicted molar refractivity (Wildman–Crippen MR) is 101 cm³/mol. The largest absolute Gasteiger partial charge is 0.481 e. The van der Waals surface area contributed by atoms with Crippen LogP contribution in [0, 0.1) is 0 Å². The van der Waals surface area contributed by atoms with E-state index < -0.39 is 16.0 Å². The highest BCUT2D eigenvalue weighted by molar-refractivity contribution is 7.91. The Hall–Kier alpha value is -2.29. The highest BCUT2D eigenvalue weighted by Crippen LogP contribution is 2.33. The number of hydrogen-bond donors (Lipinski definition) is 2. The van der Waals surface area contributed by atoms with Gasteiger partial charge in [-0.1, -0.05) is 37.3 Å². The first-order chi connectivity index (χ1) is 12.3. The van der Waals surface area contributed by atoms with E-state index >= 15 is 0 Å². The normalized spacial score (nSPS) is 13.0. The van der Waals surface area contributed by atoms with Crippen LogP contribution in [0.3, 0.4) is 0 Å². The van der Waals surface area contributed by atoms with Gasteiger partial charge in [-0.3, -0.25) is 4.79 Å². The van der Waals surface area contributed by atoms with Gasteiger partial charge in [0.25, 0.3) is 10.0 Å². The maximum Gasteiger partial charge on any atom is 0.304 e. The summed E-state index contributed by atoms with van der Waals surface area (Å²) in [6.45, 7) is 2.06. The summed E-state index contributed by atoms with van der Waals surface area (Å²) in [4.78, 5) is 15.4. The molecule has 0 amide bonds. The summed E-state index contributed by atoms with van der Waals surface area (Å²) in [5.74, 6) is -1.23. The number of carboxylic acids is 1. The number of carbonyl (C=O) groups is 1. The van der Waals surface area contributed by atoms with Gasteiger partial charge in [0.2, 0.25) is 4.34 Å². The van der Waals surface area contributed by atoms with Gasteiger partial charge in [-0.15, -0.1) is 11.3 Å². The Balaban J connectivity index is 2.06. The van der Waals surface area contributed by atoms with Crippen LogP contribution in [0.15, 0.2) is 46.8 Å². The van der Waals surface area contributed by atoms with E-state index in [0.29, 0.717) is 10.2 Å². The summed E-state index contributed by atoms with van der Waals surface area (Å²) in [6, 6.07) is 13.2. The molecule has 2 aromatic carbocycles. The fourth-order valence-electron chi connectivity index (χ4n) is 2.85. The molecule has 0 aliphatic rings. The molecule has 0 bridgehead atoms. The number of fused-ring (bicyclic) bond motifs is 1. The number of benzene rings is 2. The molecule has 26 heavy (non-hydrogen) atoms. The second kappa shape index (κ2) is 7.14. The Morgan fingerprint density at radius 3 is 2.42 bits per heavy atom. The van der Waals surface area contributed by atoms with E-state index in [-0.39, 0.29) is 16.7 Å². The van der Waals surface area contributed by atoms with Crippen molar-refractivity contribution >= 4 is 37.5 Å². The maximum absolute atomic E-state index is 11.5. The Kier molecular flexibility index (Phi) is 5.08. The molecule has 0 radical (unpaired) electrons. The lowest BCUT2D eigenvalue weighted by Gasteiger charge is -2.16. The Labute approximate surface area is 155 Å². The van der Waals surface area contributed by atoms with Crippen molar-refractivity contribution in [3.63, 3.8) is 0 Å². The molecule has 3 N–H and O–H groups in total. The Morgan fingerprint density at radius 2 is 1.85 bits per heavy atom. The molecular formula is C18H18N2O4S2. The third kappa shape index (κ3) is 3.92. The quantitative estimate of drug-likeness (QED) is 0.672. The topological polar surface area (TPSA) is 110 Å². The van der Waals surface area contributed by atoms with Crippen LogP contribution in [0.2, 0.25) is 0 Å². The van der Waals surface area contributed by atoms with Crippen LogP contribution in [-0.2, 0) is 21.2 Å². The molecule has 1 unspecified atom stereocenters. The van der Waals surface area contributed by atoms with Crippen LogP contribution in [0.25, 0.3) is 10.2 Å². The minimum atomic E-state index is -3.86. The lowest BCUT2D eigenvalue weighted by molar-refractivity contribution is -0.137. The molecule has 0 fully saturated rings. The van der Waals surface area contributed by atoms with Gasteiger partial charge < -0.3 is 5.11 Å². The summed E-state index contributed by atoms with van der Waals surface area (Å²) in [7, 11) is -3.86. The summed E-state index contributed by atoms with van der Waals surface area (Å²) in [5, 5.41) is 14.5. The number of sulfonamides is 1. The summed E-state index contributed by atoms with van der Waals surface area (Å²) in [5.41, 5.74) is 3.41. The molecule has 3 rings (SSSR count). The van der Waals surface area contributed by atoms with Crippen LogP contribution in [-0.4, -0.2) is 24.5 Å². The second-order valence-corrected chi connectivity index (χ2v) is 8.76. The molecule has 1 heterocycles. The number of aromatic nitrogens is 1. The number of carboxylic acid groups (broad SMARTS) is 1. The SMILES string of the molecule is CCc1ccc(C(CC(=O)O)c2ccc3nc(S(N)(=O)=O)sc3c2)cc1. The fourth-order valence-corrected chi connectivity index (χ4v) is 4.55. The third-order valence-corrected chi connectivity index (χ3v) is 6.55. The van der Waals surface area contributed by atoms with Gasteiger partial charge in [0.05, 0.1) is 16.6 Å². The van der Waals surface area contributed by atoms with Gasteiger partial charge >= 0.3 is 5.97 Å². The molecule has 8 heteroatoms. The minimum Gasteiger partial charge on any atom is -0.481 e. The zero-order valence-electron chi connectivity index (χ0n) is 14.0. The summed E-state index contributed by atoms with van der Waals surface area (Å²) >= 11 is 0.984. The van der Waals surface area contributed by atoms with Crippen LogP contribution in [0.5, 0.6) is 0 Å². The predicted octanol–water partition coefficient (Wildman–Crippen LogP) is 3.11. The van der Waals surface area contributed by atoms with Crippen molar-refractivity contribution in [2.75, 3.05) is 0 Å². The molecule has 0 spiro atoms. The maximum atomic E-state index is 11.5. The van der Waals surface area contributed by atoms with Gasteiger partial charge in [0.15, 0.2) is 0 Å². The molecule has 0 saturated carbocycles. The number of hydrogen-bond acceptors (Lipinski definition) is 5. The number of rotatable bonds is 6. The van der Waals surface area contributed by atoms with Crippen molar-refractivity contribution in [2.24, 2.45) is 5.14 Å². The van der Waals surface area contributed by atoms with Crippen molar-refractivity contribution < 1.29 is 18.3 Å². The first kappa shape index (κ1) is 18.5. The van der Waals surface area contributed by atoms with Gasteiger partial charge in [0, 0.05) is 5.92 Å². The van der Waals surface area contributed by atoms with E-state index in [4.69, 9.17) is 5.14 Å². The van der Waals surface area contributed by atoms with Crippen molar-refractivity contribution in [3.05, 3.63) is 59.2 Å². The number of nitrogens with zero attached hydrogens (tertiary/aromatic N) is 1. The minimum absolute atomic E-state index is 0.0577. The number of primary sulfonamides is 1. The van der Waals surface area contributed by atoms with Crippen LogP contribution in [0.4, 0.5) is 0 Å². The van der Waals surface area contributed by atoms with E-state index in [2.05, 4.69) is 11.9 Å². The van der Waals surface area contributed by atoms with E-state index in [1.165, 1.54) is 5.56 Å². The standard InChI is InChI=1S/C18H18N2O4S2/c1-2-11-3-5-12(6-4-11)14(10-17(21)22)13-7-8-15-16(9-13)25-18(20-15)26(19,23)24/h3-9,14H,2,10H2,1H3,(H,21,22)(H2,19,23,24). The third-order valence-electron chi connectivity index (χ3n) is 4.21. The van der Waals surface area contributed by atoms with Gasteiger partial charge in [0.1, 0.15) is 0 Å². The monoisotopic (exact) mass is 390 g/mol. The van der Waals surface area contributed by atoms with E-state index in [0.717, 1.165) is 28.9 Å². The summed E-state index contributed by atoms with van der Waals surface area (Å²) in [6.07, 6.45) is 0.852. The van der Waals surface area contributed by atoms with Crippen LogP contribution >= 0.6 is 11.3 Å². The molecule has 1 aromatic heterocycles. The molecule has 0 aliphatic carbocycles. The number of thiazole rings is 1. The van der Waals surface area contributed by atoms with E-state index in [9.17, 15) is 18.3 Å². The average Bonchev–Trinajstić information content (AvgIpc) is 3.03.